The van der Waals surface area contributed by atoms with Crippen LogP contribution in [-0.4, -0.2) is 9.52 Å². The van der Waals surface area contributed by atoms with Gasteiger partial charge in [0, 0.05) is 26.6 Å². The van der Waals surface area contributed by atoms with Crippen LogP contribution in [0.25, 0.3) is 0 Å². The number of hydrogen-bond acceptors (Lipinski definition) is 0. The molecule has 0 amide bonds. The molecule has 54 valence electrons. The Morgan fingerprint density at radius 3 is 2.11 bits per heavy atom. The topological polar surface area (TPSA) is 0 Å². The summed E-state index contributed by atoms with van der Waals surface area (Å²) >= 11 is 0. The molecule has 0 saturated carbocycles. The van der Waals surface area contributed by atoms with Crippen LogP contribution in [0.5, 0.6) is 0 Å². The molecule has 0 aromatic rings. The first-order valence-electron chi connectivity index (χ1n) is 3.13. The van der Waals surface area contributed by atoms with Crippen LogP contribution < -0.4 is 0 Å². The van der Waals surface area contributed by atoms with Crippen LogP contribution in [0.2, 0.25) is 13.1 Å². The second-order valence-corrected chi connectivity index (χ2v) is 3.12. The normalized spacial score (nSPS) is 11.8. The minimum atomic E-state index is 0. The number of allylic oxidation sites excluding steroid dienone is 4. The van der Waals surface area contributed by atoms with Crippen molar-refractivity contribution >= 4 is 9.52 Å². The van der Waals surface area contributed by atoms with Gasteiger partial charge >= 0.3 is 0 Å². The molecule has 0 saturated heterocycles. The van der Waals surface area contributed by atoms with E-state index < -0.39 is 0 Å². The first-order chi connectivity index (χ1) is 3.91. The van der Waals surface area contributed by atoms with Crippen LogP contribution in [0.3, 0.4) is 0 Å². The Morgan fingerprint density at radius 2 is 2.00 bits per heavy atom. The van der Waals surface area contributed by atoms with Gasteiger partial charge in [-0.3, -0.25) is 6.08 Å². The van der Waals surface area contributed by atoms with Crippen molar-refractivity contribution in [2.45, 2.75) is 19.5 Å². The summed E-state index contributed by atoms with van der Waals surface area (Å²) in [5, 5.41) is 0. The Morgan fingerprint density at radius 1 is 1.44 bits per heavy atom. The minimum absolute atomic E-state index is 0. The smallest absolute Gasteiger partial charge is 0.0135 e. The van der Waals surface area contributed by atoms with Gasteiger partial charge in [-0.1, -0.05) is 13.1 Å². The van der Waals surface area contributed by atoms with Crippen LogP contribution in [0, 0.1) is 6.08 Å². The quantitative estimate of drug-likeness (QED) is 0.393. The monoisotopic (exact) mass is 181 g/mol. The second kappa shape index (κ2) is 11.1. The fraction of sp³-hybridized carbons (Fsp3) is 0.429. The zero-order valence-corrected chi connectivity index (χ0v) is 8.52. The summed E-state index contributed by atoms with van der Waals surface area (Å²) in [5.74, 6) is 0. The minimum Gasteiger partial charge on any atom is -0.273 e. The van der Waals surface area contributed by atoms with E-state index in [0.29, 0.717) is 9.52 Å². The van der Waals surface area contributed by atoms with E-state index in [1.165, 1.54) is 0 Å². The molecule has 0 nitrogen and oxygen atoms in total. The molecule has 1 aliphatic rings. The molecule has 0 fully saturated rings. The summed E-state index contributed by atoms with van der Waals surface area (Å²) in [7, 11) is 0.417. The predicted molar refractivity (Wildman–Crippen MR) is 41.8 cm³/mol. The van der Waals surface area contributed by atoms with Crippen molar-refractivity contribution in [2.24, 2.45) is 0 Å². The van der Waals surface area contributed by atoms with E-state index in [1.54, 1.807) is 0 Å². The third-order valence-corrected chi connectivity index (χ3v) is 0.586. The molecule has 0 aliphatic heterocycles. The van der Waals surface area contributed by atoms with E-state index in [0.717, 1.165) is 6.42 Å². The van der Waals surface area contributed by atoms with E-state index in [1.807, 2.05) is 12.2 Å². The van der Waals surface area contributed by atoms with Crippen LogP contribution >= 0.6 is 0 Å². The first-order valence-corrected chi connectivity index (χ1v) is 5.96. The molecule has 0 unspecified atom stereocenters. The van der Waals surface area contributed by atoms with Gasteiger partial charge in [-0.05, 0) is 0 Å². The maximum atomic E-state index is 2.99. The third kappa shape index (κ3) is 11.7. The van der Waals surface area contributed by atoms with Crippen molar-refractivity contribution in [1.29, 1.82) is 0 Å². The molecule has 1 rings (SSSR count). The van der Waals surface area contributed by atoms with Crippen molar-refractivity contribution in [3.05, 3.63) is 24.3 Å². The molecule has 9 heavy (non-hydrogen) atoms. The molecule has 0 aromatic carbocycles. The SMILES string of the molecule is C[SiH2]C.[C-]1=CC=CC1.[Fe]. The van der Waals surface area contributed by atoms with Gasteiger partial charge in [-0.25, -0.2) is 12.2 Å². The largest absolute Gasteiger partial charge is 0.273 e. The van der Waals surface area contributed by atoms with Crippen LogP contribution in [0.15, 0.2) is 18.2 Å². The summed E-state index contributed by atoms with van der Waals surface area (Å²) in [5.41, 5.74) is 0. The maximum Gasteiger partial charge on any atom is 0.0135 e. The predicted octanol–water partition coefficient (Wildman–Crippen LogP) is 1.55. The molecule has 0 atom stereocenters. The summed E-state index contributed by atoms with van der Waals surface area (Å²) in [6.07, 6.45) is 10.0. The molecular formula is C7H13FeSi-. The van der Waals surface area contributed by atoms with Gasteiger partial charge in [0.1, 0.15) is 0 Å². The van der Waals surface area contributed by atoms with E-state index in [9.17, 15) is 0 Å². The molecule has 0 heterocycles. The molecule has 2 heteroatoms. The fourth-order valence-corrected chi connectivity index (χ4v) is 0.340. The Hall–Kier alpha value is 0.216. The van der Waals surface area contributed by atoms with Crippen molar-refractivity contribution in [1.82, 2.24) is 0 Å². The van der Waals surface area contributed by atoms with E-state index in [-0.39, 0.29) is 17.1 Å². The average molecular weight is 181 g/mol. The number of rotatable bonds is 0. The van der Waals surface area contributed by atoms with Crippen molar-refractivity contribution in [2.75, 3.05) is 0 Å². The Bertz CT molecular complexity index is 76.9. The standard InChI is InChI=1S/C5H5.C2H8Si.Fe/c1-2-4-5-3-1;1-3-2;/h1-3H,4H2;3H2,1-2H3;/q-1;;. The molecule has 0 N–H and O–H groups in total. The molecule has 0 spiro atoms. The zero-order chi connectivity index (χ0) is 6.24. The van der Waals surface area contributed by atoms with Crippen molar-refractivity contribution < 1.29 is 17.1 Å². The zero-order valence-electron chi connectivity index (χ0n) is 6.00. The van der Waals surface area contributed by atoms with E-state index in [2.05, 4.69) is 25.2 Å². The van der Waals surface area contributed by atoms with Gasteiger partial charge in [0.2, 0.25) is 0 Å². The van der Waals surface area contributed by atoms with Gasteiger partial charge in [0.05, 0.1) is 0 Å². The van der Waals surface area contributed by atoms with Gasteiger partial charge in [-0.2, -0.15) is 6.08 Å². The summed E-state index contributed by atoms with van der Waals surface area (Å²) < 4.78 is 0. The van der Waals surface area contributed by atoms with Crippen molar-refractivity contribution in [3.63, 3.8) is 0 Å². The second-order valence-electron chi connectivity index (χ2n) is 1.71. The Kier molecular flexibility index (Phi) is 14.7. The Balaban J connectivity index is 0. The third-order valence-electron chi connectivity index (χ3n) is 0.586. The van der Waals surface area contributed by atoms with Crippen LogP contribution in [-0.2, 0) is 17.1 Å². The van der Waals surface area contributed by atoms with Crippen LogP contribution in [0.4, 0.5) is 0 Å². The maximum absolute atomic E-state index is 2.99. The molecule has 0 aromatic heterocycles. The summed E-state index contributed by atoms with van der Waals surface area (Å²) in [4.78, 5) is 0. The Labute approximate surface area is 70.7 Å². The first kappa shape index (κ1) is 11.9. The molecule has 0 radical (unpaired) electrons. The summed E-state index contributed by atoms with van der Waals surface area (Å²) in [6, 6.07) is 0. The average Bonchev–Trinajstić information content (AvgIpc) is 2.17. The summed E-state index contributed by atoms with van der Waals surface area (Å²) in [6.45, 7) is 4.53. The van der Waals surface area contributed by atoms with Gasteiger partial charge < -0.3 is 0 Å². The fourth-order valence-electron chi connectivity index (χ4n) is 0.340. The van der Waals surface area contributed by atoms with E-state index >= 15 is 0 Å². The van der Waals surface area contributed by atoms with Crippen molar-refractivity contribution in [3.8, 4) is 0 Å². The van der Waals surface area contributed by atoms with Crippen LogP contribution in [0.1, 0.15) is 6.42 Å². The molecule has 0 bridgehead atoms. The molecular weight excluding hydrogens is 168 g/mol. The van der Waals surface area contributed by atoms with Gasteiger partial charge in [0.15, 0.2) is 0 Å². The number of hydrogen-bond donors (Lipinski definition) is 0. The van der Waals surface area contributed by atoms with Gasteiger partial charge in [-0.15, -0.1) is 6.42 Å². The van der Waals surface area contributed by atoms with E-state index in [4.69, 9.17) is 0 Å². The van der Waals surface area contributed by atoms with Gasteiger partial charge in [0.25, 0.3) is 0 Å². The molecule has 1 aliphatic carbocycles.